The molecule has 3 atom stereocenters. The first kappa shape index (κ1) is 23.3. The molecule has 0 bridgehead atoms. The summed E-state index contributed by atoms with van der Waals surface area (Å²) in [6.07, 6.45) is 2.10. The minimum atomic E-state index is -1.36. The van der Waals surface area contributed by atoms with Gasteiger partial charge < -0.3 is 9.57 Å². The van der Waals surface area contributed by atoms with Crippen molar-refractivity contribution in [1.29, 1.82) is 0 Å². The standard InChI is InChI=1S/C20H20BrNO4S.C2H6/c1-27(24)19(20(23)25-13-14-5-3-2-4-6-14)12-17-11-18(22-26-17)15-7-9-16(21)10-8-15;1-2/h2-10,17,19H,11-13H2,1H3;1-2H3. The van der Waals surface area contributed by atoms with Gasteiger partial charge in [-0.3, -0.25) is 9.00 Å². The molecular weight excluding hydrogens is 454 g/mol. The Morgan fingerprint density at radius 2 is 1.86 bits per heavy atom. The Morgan fingerprint density at radius 1 is 1.21 bits per heavy atom. The molecule has 0 fully saturated rings. The van der Waals surface area contributed by atoms with Gasteiger partial charge in [0, 0.05) is 34.4 Å². The normalized spacial score (nSPS) is 17.2. The lowest BCUT2D eigenvalue weighted by atomic mass is 10.0. The second-order valence-corrected chi connectivity index (χ2v) is 8.77. The van der Waals surface area contributed by atoms with Crippen LogP contribution in [0.2, 0.25) is 0 Å². The number of hydrogen-bond acceptors (Lipinski definition) is 5. The van der Waals surface area contributed by atoms with Crippen LogP contribution in [-0.4, -0.2) is 33.5 Å². The van der Waals surface area contributed by atoms with E-state index in [4.69, 9.17) is 9.57 Å². The first-order valence-corrected chi connectivity index (χ1v) is 12.0. The van der Waals surface area contributed by atoms with E-state index >= 15 is 0 Å². The van der Waals surface area contributed by atoms with Gasteiger partial charge in [0.05, 0.1) is 5.71 Å². The summed E-state index contributed by atoms with van der Waals surface area (Å²) >= 11 is 3.41. The van der Waals surface area contributed by atoms with Gasteiger partial charge in [-0.2, -0.15) is 0 Å². The molecule has 156 valence electrons. The van der Waals surface area contributed by atoms with Gasteiger partial charge in [0.1, 0.15) is 18.0 Å². The molecule has 29 heavy (non-hydrogen) atoms. The molecule has 0 radical (unpaired) electrons. The van der Waals surface area contributed by atoms with E-state index in [1.165, 1.54) is 6.26 Å². The number of hydrogen-bond donors (Lipinski definition) is 0. The van der Waals surface area contributed by atoms with Crippen LogP contribution in [0.5, 0.6) is 0 Å². The summed E-state index contributed by atoms with van der Waals surface area (Å²) < 4.78 is 18.4. The largest absolute Gasteiger partial charge is 0.460 e. The van der Waals surface area contributed by atoms with E-state index in [0.29, 0.717) is 12.8 Å². The summed E-state index contributed by atoms with van der Waals surface area (Å²) in [6, 6.07) is 17.2. The molecule has 0 aliphatic carbocycles. The van der Waals surface area contributed by atoms with Crippen molar-refractivity contribution in [3.05, 3.63) is 70.2 Å². The van der Waals surface area contributed by atoms with Crippen molar-refractivity contribution in [2.45, 2.75) is 44.6 Å². The van der Waals surface area contributed by atoms with Crippen molar-refractivity contribution >= 4 is 38.4 Å². The number of halogens is 1. The molecule has 0 saturated heterocycles. The molecule has 0 N–H and O–H groups in total. The predicted octanol–water partition coefficient (Wildman–Crippen LogP) is 4.85. The van der Waals surface area contributed by atoms with E-state index in [-0.39, 0.29) is 12.7 Å². The molecule has 0 aromatic heterocycles. The second-order valence-electron chi connectivity index (χ2n) is 6.29. The molecule has 1 aliphatic heterocycles. The van der Waals surface area contributed by atoms with E-state index in [2.05, 4.69) is 21.1 Å². The molecule has 1 aliphatic rings. The Hall–Kier alpha value is -1.99. The SMILES string of the molecule is CC.CS(=O)C(CC1CC(c2ccc(Br)cc2)=NO1)C(=O)OCc1ccccc1. The van der Waals surface area contributed by atoms with E-state index in [1.54, 1.807) is 0 Å². The van der Waals surface area contributed by atoms with Crippen LogP contribution >= 0.6 is 15.9 Å². The number of carbonyl (C=O) groups excluding carboxylic acids is 1. The van der Waals surface area contributed by atoms with Crippen LogP contribution < -0.4 is 0 Å². The lowest BCUT2D eigenvalue weighted by molar-refractivity contribution is -0.145. The van der Waals surface area contributed by atoms with Crippen molar-refractivity contribution in [3.8, 4) is 0 Å². The van der Waals surface area contributed by atoms with E-state index in [1.807, 2.05) is 68.4 Å². The average Bonchev–Trinajstić information content (AvgIpc) is 3.21. The van der Waals surface area contributed by atoms with Crippen LogP contribution in [0.25, 0.3) is 0 Å². The molecule has 0 spiro atoms. The van der Waals surface area contributed by atoms with Crippen molar-refractivity contribution < 1.29 is 18.6 Å². The average molecular weight is 480 g/mol. The van der Waals surface area contributed by atoms with Crippen molar-refractivity contribution in [1.82, 2.24) is 0 Å². The minimum Gasteiger partial charge on any atom is -0.460 e. The summed E-state index contributed by atoms with van der Waals surface area (Å²) in [6.45, 7) is 4.17. The fourth-order valence-corrected chi connectivity index (χ4v) is 3.88. The van der Waals surface area contributed by atoms with Crippen LogP contribution in [0.15, 0.2) is 64.2 Å². The van der Waals surface area contributed by atoms with Crippen molar-refractivity contribution in [2.75, 3.05) is 6.26 Å². The summed E-state index contributed by atoms with van der Waals surface area (Å²) in [7, 11) is -1.36. The zero-order valence-electron chi connectivity index (χ0n) is 16.8. The highest BCUT2D eigenvalue weighted by Gasteiger charge is 2.32. The number of nitrogens with zero attached hydrogens (tertiary/aromatic N) is 1. The van der Waals surface area contributed by atoms with Gasteiger partial charge in [-0.25, -0.2) is 0 Å². The molecule has 2 aromatic rings. The number of esters is 1. The first-order chi connectivity index (χ1) is 14.0. The van der Waals surface area contributed by atoms with Gasteiger partial charge in [-0.1, -0.05) is 77.4 Å². The lowest BCUT2D eigenvalue weighted by Gasteiger charge is -2.16. The third kappa shape index (κ3) is 7.08. The molecule has 7 heteroatoms. The molecule has 0 saturated carbocycles. The quantitative estimate of drug-likeness (QED) is 0.532. The zero-order chi connectivity index (χ0) is 21.2. The second kappa shape index (κ2) is 11.9. The lowest BCUT2D eigenvalue weighted by Crippen LogP contribution is -2.31. The molecule has 3 unspecified atom stereocenters. The van der Waals surface area contributed by atoms with E-state index in [9.17, 15) is 9.00 Å². The first-order valence-electron chi connectivity index (χ1n) is 9.54. The summed E-state index contributed by atoms with van der Waals surface area (Å²) in [5, 5.41) is 3.39. The number of ether oxygens (including phenoxy) is 1. The monoisotopic (exact) mass is 479 g/mol. The van der Waals surface area contributed by atoms with Crippen LogP contribution in [0.3, 0.4) is 0 Å². The van der Waals surface area contributed by atoms with Gasteiger partial charge in [-0.05, 0) is 23.3 Å². The van der Waals surface area contributed by atoms with E-state index in [0.717, 1.165) is 21.3 Å². The van der Waals surface area contributed by atoms with Crippen molar-refractivity contribution in [3.63, 3.8) is 0 Å². The van der Waals surface area contributed by atoms with Crippen LogP contribution in [0.1, 0.15) is 37.8 Å². The van der Waals surface area contributed by atoms with Gasteiger partial charge in [-0.15, -0.1) is 0 Å². The highest BCUT2D eigenvalue weighted by molar-refractivity contribution is 9.10. The van der Waals surface area contributed by atoms with Gasteiger partial charge in [0.15, 0.2) is 0 Å². The van der Waals surface area contributed by atoms with Crippen LogP contribution in [0.4, 0.5) is 0 Å². The Kier molecular flexibility index (Phi) is 9.54. The number of benzene rings is 2. The third-order valence-electron chi connectivity index (χ3n) is 4.27. The Balaban J connectivity index is 0.00000145. The minimum absolute atomic E-state index is 0.166. The summed E-state index contributed by atoms with van der Waals surface area (Å²) in [4.78, 5) is 17.9. The summed E-state index contributed by atoms with van der Waals surface area (Å²) in [5.41, 5.74) is 2.69. The molecule has 2 aromatic carbocycles. The highest BCUT2D eigenvalue weighted by atomic mass is 79.9. The maximum absolute atomic E-state index is 12.4. The Labute approximate surface area is 183 Å². The molecular formula is C22H26BrNO4S. The van der Waals surface area contributed by atoms with Gasteiger partial charge in [0.2, 0.25) is 0 Å². The number of oxime groups is 1. The van der Waals surface area contributed by atoms with Crippen molar-refractivity contribution in [2.24, 2.45) is 5.16 Å². The number of rotatable bonds is 7. The fourth-order valence-electron chi connectivity index (χ4n) is 2.80. The maximum Gasteiger partial charge on any atom is 0.322 e. The molecule has 1 heterocycles. The highest BCUT2D eigenvalue weighted by Crippen LogP contribution is 2.23. The topological polar surface area (TPSA) is 65.0 Å². The van der Waals surface area contributed by atoms with Crippen LogP contribution in [0, 0.1) is 0 Å². The van der Waals surface area contributed by atoms with E-state index < -0.39 is 22.0 Å². The number of carbonyl (C=O) groups is 1. The van der Waals surface area contributed by atoms with Gasteiger partial charge in [0.25, 0.3) is 0 Å². The molecule has 5 nitrogen and oxygen atoms in total. The Bertz CT molecular complexity index is 840. The molecule has 3 rings (SSSR count). The fraction of sp³-hybridized carbons (Fsp3) is 0.364. The predicted molar refractivity (Wildman–Crippen MR) is 120 cm³/mol. The smallest absolute Gasteiger partial charge is 0.322 e. The van der Waals surface area contributed by atoms with Gasteiger partial charge >= 0.3 is 5.97 Å². The Morgan fingerprint density at radius 3 is 2.48 bits per heavy atom. The third-order valence-corrected chi connectivity index (χ3v) is 5.99. The zero-order valence-corrected chi connectivity index (χ0v) is 19.2. The summed E-state index contributed by atoms with van der Waals surface area (Å²) in [5.74, 6) is -0.472. The maximum atomic E-state index is 12.4. The van der Waals surface area contributed by atoms with Crippen LogP contribution in [-0.2, 0) is 31.8 Å². The molecule has 0 amide bonds.